The quantitative estimate of drug-likeness (QED) is 0.752. The third-order valence-corrected chi connectivity index (χ3v) is 9.30. The minimum atomic E-state index is 0.366. The van der Waals surface area contributed by atoms with Gasteiger partial charge in [0.2, 0.25) is 0 Å². The standard InChI is InChI=1S/C19H30O/c1-17-7-2-3-15(17)14-5-10-18-11-13(18)4-9-19(18,12-20)16(14)6-8-17/h13-16,20H,2-12H2,1H3/t13-,14-,15-,16-,17-,18-,19-/m0/s1. The van der Waals surface area contributed by atoms with Gasteiger partial charge in [-0.05, 0) is 92.3 Å². The van der Waals surface area contributed by atoms with Gasteiger partial charge in [0.25, 0.3) is 0 Å². The summed E-state index contributed by atoms with van der Waals surface area (Å²) in [7, 11) is 0. The molecule has 5 aliphatic carbocycles. The Balaban J connectivity index is 1.55. The van der Waals surface area contributed by atoms with Crippen LogP contribution in [0.1, 0.15) is 71.1 Å². The summed E-state index contributed by atoms with van der Waals surface area (Å²) >= 11 is 0. The maximum atomic E-state index is 10.4. The third-order valence-electron chi connectivity index (χ3n) is 9.30. The van der Waals surface area contributed by atoms with Gasteiger partial charge >= 0.3 is 0 Å². The summed E-state index contributed by atoms with van der Waals surface area (Å²) < 4.78 is 0. The fourth-order valence-corrected chi connectivity index (χ4v) is 8.31. The highest BCUT2D eigenvalue weighted by molar-refractivity contribution is 5.23. The number of rotatable bonds is 1. The second-order valence-electron chi connectivity index (χ2n) is 9.41. The van der Waals surface area contributed by atoms with Crippen LogP contribution in [0, 0.1) is 39.9 Å². The Morgan fingerprint density at radius 3 is 2.65 bits per heavy atom. The molecule has 0 aromatic heterocycles. The van der Waals surface area contributed by atoms with Crippen molar-refractivity contribution in [1.29, 1.82) is 0 Å². The molecule has 20 heavy (non-hydrogen) atoms. The fraction of sp³-hybridized carbons (Fsp3) is 1.00. The van der Waals surface area contributed by atoms with Gasteiger partial charge in [-0.1, -0.05) is 13.3 Å². The molecule has 7 atom stereocenters. The highest BCUT2D eigenvalue weighted by atomic mass is 16.3. The van der Waals surface area contributed by atoms with Gasteiger partial charge in [0.15, 0.2) is 0 Å². The molecule has 5 rings (SSSR count). The molecule has 5 aliphatic rings. The fourth-order valence-electron chi connectivity index (χ4n) is 8.31. The average molecular weight is 274 g/mol. The first-order chi connectivity index (χ1) is 9.65. The van der Waals surface area contributed by atoms with E-state index in [4.69, 9.17) is 0 Å². The lowest BCUT2D eigenvalue weighted by Gasteiger charge is -2.58. The summed E-state index contributed by atoms with van der Waals surface area (Å²) in [5.41, 5.74) is 1.66. The molecule has 0 saturated heterocycles. The van der Waals surface area contributed by atoms with Crippen LogP contribution >= 0.6 is 0 Å². The van der Waals surface area contributed by atoms with E-state index in [1.807, 2.05) is 0 Å². The van der Waals surface area contributed by atoms with E-state index >= 15 is 0 Å². The molecule has 0 heterocycles. The van der Waals surface area contributed by atoms with Crippen LogP contribution in [0.15, 0.2) is 0 Å². The molecule has 0 unspecified atom stereocenters. The van der Waals surface area contributed by atoms with Gasteiger partial charge < -0.3 is 5.11 Å². The molecule has 5 saturated carbocycles. The Labute approximate surface area is 123 Å². The SMILES string of the molecule is C[C@@]12CCC[C@H]1[C@@H]1CC[C@]34C[C@@H]3CC[C@]4(CO)[C@H]1CC2. The summed E-state index contributed by atoms with van der Waals surface area (Å²) in [5.74, 6) is 3.85. The molecule has 0 bridgehead atoms. The second kappa shape index (κ2) is 3.65. The largest absolute Gasteiger partial charge is 0.396 e. The van der Waals surface area contributed by atoms with Crippen molar-refractivity contribution < 1.29 is 5.11 Å². The molecule has 0 aliphatic heterocycles. The van der Waals surface area contributed by atoms with E-state index in [9.17, 15) is 5.11 Å². The van der Waals surface area contributed by atoms with E-state index in [2.05, 4.69) is 6.92 Å². The maximum absolute atomic E-state index is 10.4. The van der Waals surface area contributed by atoms with Crippen LogP contribution in [0.5, 0.6) is 0 Å². The van der Waals surface area contributed by atoms with Crippen molar-refractivity contribution in [2.45, 2.75) is 71.1 Å². The molecule has 0 radical (unpaired) electrons. The molecular weight excluding hydrogens is 244 g/mol. The van der Waals surface area contributed by atoms with Crippen LogP contribution in [0.4, 0.5) is 0 Å². The van der Waals surface area contributed by atoms with E-state index in [-0.39, 0.29) is 0 Å². The van der Waals surface area contributed by atoms with Crippen LogP contribution in [0.25, 0.3) is 0 Å². The summed E-state index contributed by atoms with van der Waals surface area (Å²) in [6.45, 7) is 3.10. The topological polar surface area (TPSA) is 20.2 Å². The Morgan fingerprint density at radius 2 is 1.85 bits per heavy atom. The third kappa shape index (κ3) is 1.19. The van der Waals surface area contributed by atoms with Crippen LogP contribution in [0.2, 0.25) is 0 Å². The van der Waals surface area contributed by atoms with Gasteiger partial charge in [-0.15, -0.1) is 0 Å². The predicted molar refractivity (Wildman–Crippen MR) is 80.2 cm³/mol. The van der Waals surface area contributed by atoms with Crippen molar-refractivity contribution in [2.75, 3.05) is 6.61 Å². The number of fused-ring (bicyclic) bond motifs is 4. The summed E-state index contributed by atoms with van der Waals surface area (Å²) in [6, 6.07) is 0. The molecule has 1 nitrogen and oxygen atoms in total. The van der Waals surface area contributed by atoms with Crippen molar-refractivity contribution in [3.63, 3.8) is 0 Å². The van der Waals surface area contributed by atoms with E-state index in [0.717, 1.165) is 23.7 Å². The summed E-state index contributed by atoms with van der Waals surface area (Å²) in [6.07, 6.45) is 14.6. The van der Waals surface area contributed by atoms with Gasteiger partial charge in [-0.3, -0.25) is 0 Å². The molecule has 1 spiro atoms. The minimum Gasteiger partial charge on any atom is -0.396 e. The van der Waals surface area contributed by atoms with Crippen molar-refractivity contribution in [2.24, 2.45) is 39.9 Å². The molecule has 0 amide bonds. The van der Waals surface area contributed by atoms with Gasteiger partial charge in [0.05, 0.1) is 0 Å². The zero-order valence-electron chi connectivity index (χ0n) is 13.0. The highest BCUT2D eigenvalue weighted by Gasteiger charge is 2.74. The lowest BCUT2D eigenvalue weighted by atomic mass is 9.46. The van der Waals surface area contributed by atoms with Gasteiger partial charge in [0, 0.05) is 12.0 Å². The molecule has 0 aromatic carbocycles. The Bertz CT molecular complexity index is 445. The number of hydrogen-bond donors (Lipinski definition) is 1. The van der Waals surface area contributed by atoms with E-state index in [1.54, 1.807) is 0 Å². The smallest absolute Gasteiger partial charge is 0.0495 e. The summed E-state index contributed by atoms with van der Waals surface area (Å²) in [5, 5.41) is 10.4. The molecule has 5 fully saturated rings. The van der Waals surface area contributed by atoms with Crippen molar-refractivity contribution in [1.82, 2.24) is 0 Å². The first-order valence-corrected chi connectivity index (χ1v) is 9.26. The Morgan fingerprint density at radius 1 is 0.950 bits per heavy atom. The Kier molecular flexibility index (Phi) is 2.28. The molecule has 0 aromatic rings. The first-order valence-electron chi connectivity index (χ1n) is 9.26. The van der Waals surface area contributed by atoms with Gasteiger partial charge in [-0.25, -0.2) is 0 Å². The van der Waals surface area contributed by atoms with Gasteiger partial charge in [-0.2, -0.15) is 0 Å². The van der Waals surface area contributed by atoms with Crippen molar-refractivity contribution >= 4 is 0 Å². The zero-order chi connectivity index (χ0) is 13.6. The molecule has 112 valence electrons. The number of hydrogen-bond acceptors (Lipinski definition) is 1. The van der Waals surface area contributed by atoms with Crippen molar-refractivity contribution in [3.8, 4) is 0 Å². The predicted octanol–water partition coefficient (Wildman–Crippen LogP) is 4.39. The summed E-state index contributed by atoms with van der Waals surface area (Å²) in [4.78, 5) is 0. The molecule has 1 N–H and O–H groups in total. The maximum Gasteiger partial charge on any atom is 0.0495 e. The lowest BCUT2D eigenvalue weighted by molar-refractivity contribution is -0.122. The monoisotopic (exact) mass is 274 g/mol. The normalized spacial score (nSPS) is 63.3. The minimum absolute atomic E-state index is 0.366. The van der Waals surface area contributed by atoms with Crippen LogP contribution < -0.4 is 0 Å². The van der Waals surface area contributed by atoms with E-state index in [1.165, 1.54) is 64.2 Å². The first kappa shape index (κ1) is 12.5. The Hall–Kier alpha value is -0.0400. The lowest BCUT2D eigenvalue weighted by Crippen LogP contribution is -2.53. The zero-order valence-corrected chi connectivity index (χ0v) is 13.0. The molecule has 1 heteroatoms. The van der Waals surface area contributed by atoms with Gasteiger partial charge in [0.1, 0.15) is 0 Å². The van der Waals surface area contributed by atoms with Crippen LogP contribution in [-0.2, 0) is 0 Å². The van der Waals surface area contributed by atoms with Crippen LogP contribution in [0.3, 0.4) is 0 Å². The number of aliphatic hydroxyl groups is 1. The highest BCUT2D eigenvalue weighted by Crippen LogP contribution is 2.81. The second-order valence-corrected chi connectivity index (χ2v) is 9.41. The average Bonchev–Trinajstić information content (AvgIpc) is 2.87. The molecular formula is C19H30O. The van der Waals surface area contributed by atoms with Crippen LogP contribution in [-0.4, -0.2) is 11.7 Å². The van der Waals surface area contributed by atoms with E-state index < -0.39 is 0 Å². The number of aliphatic hydroxyl groups excluding tert-OH is 1. The van der Waals surface area contributed by atoms with E-state index in [0.29, 0.717) is 22.9 Å². The van der Waals surface area contributed by atoms with Crippen molar-refractivity contribution in [3.05, 3.63) is 0 Å².